The maximum absolute atomic E-state index is 13.6. The van der Waals surface area contributed by atoms with Gasteiger partial charge >= 0.3 is 0 Å². The first-order chi connectivity index (χ1) is 15.5. The topological polar surface area (TPSA) is 56.1 Å². The molecule has 0 saturated carbocycles. The Kier molecular flexibility index (Phi) is 4.86. The number of aryl methyl sites for hydroxylation is 2. The molecule has 0 aliphatic heterocycles. The number of ketones is 1. The van der Waals surface area contributed by atoms with Gasteiger partial charge in [0, 0.05) is 58.1 Å². The summed E-state index contributed by atoms with van der Waals surface area (Å²) in [5.41, 5.74) is 6.02. The highest BCUT2D eigenvalue weighted by molar-refractivity contribution is 6.19. The Bertz CT molecular complexity index is 1480. The number of hydrogen-bond donors (Lipinski definition) is 1. The SMILES string of the molecule is COc1ccc2cc(Nc3ccccc3C(=O)c3cn(C)c4ccc(C)cc34)ccc2n1. The fourth-order valence-corrected chi connectivity index (χ4v) is 4.08. The molecule has 0 bridgehead atoms. The van der Waals surface area contributed by atoms with E-state index in [0.717, 1.165) is 38.7 Å². The molecule has 2 heterocycles. The van der Waals surface area contributed by atoms with Gasteiger partial charge in [-0.05, 0) is 55.5 Å². The van der Waals surface area contributed by atoms with E-state index in [9.17, 15) is 4.79 Å². The lowest BCUT2D eigenvalue weighted by Crippen LogP contribution is -2.05. The van der Waals surface area contributed by atoms with Crippen LogP contribution in [0.15, 0.2) is 79.0 Å². The second-order valence-electron chi connectivity index (χ2n) is 7.94. The lowest BCUT2D eigenvalue weighted by molar-refractivity contribution is 0.104. The van der Waals surface area contributed by atoms with E-state index in [1.54, 1.807) is 7.11 Å². The molecule has 0 fully saturated rings. The third-order valence-electron chi connectivity index (χ3n) is 5.71. The second kappa shape index (κ2) is 7.85. The van der Waals surface area contributed by atoms with Crippen molar-refractivity contribution in [2.75, 3.05) is 12.4 Å². The Labute approximate surface area is 186 Å². The number of nitrogens with zero attached hydrogens (tertiary/aromatic N) is 2. The number of nitrogens with one attached hydrogen (secondary N) is 1. The number of rotatable bonds is 5. The van der Waals surface area contributed by atoms with Crippen molar-refractivity contribution < 1.29 is 9.53 Å². The van der Waals surface area contributed by atoms with E-state index in [4.69, 9.17) is 4.74 Å². The molecule has 0 aliphatic rings. The van der Waals surface area contributed by atoms with Crippen LogP contribution in [0.2, 0.25) is 0 Å². The molecule has 0 spiro atoms. The maximum atomic E-state index is 13.6. The Balaban J connectivity index is 1.53. The number of aromatic nitrogens is 2. The van der Waals surface area contributed by atoms with Crippen molar-refractivity contribution >= 4 is 39.0 Å². The molecule has 32 heavy (non-hydrogen) atoms. The van der Waals surface area contributed by atoms with E-state index >= 15 is 0 Å². The van der Waals surface area contributed by atoms with Crippen molar-refractivity contribution in [3.8, 4) is 5.88 Å². The molecule has 0 saturated heterocycles. The van der Waals surface area contributed by atoms with Gasteiger partial charge in [0.2, 0.25) is 5.88 Å². The highest BCUT2D eigenvalue weighted by atomic mass is 16.5. The van der Waals surface area contributed by atoms with Crippen LogP contribution in [0, 0.1) is 6.92 Å². The molecule has 0 unspecified atom stereocenters. The first kappa shape index (κ1) is 19.8. The zero-order valence-electron chi connectivity index (χ0n) is 18.2. The molecule has 2 aromatic heterocycles. The molecule has 5 rings (SSSR count). The number of carbonyl (C=O) groups is 1. The van der Waals surface area contributed by atoms with E-state index in [2.05, 4.69) is 28.5 Å². The number of methoxy groups -OCH3 is 1. The van der Waals surface area contributed by atoms with Gasteiger partial charge in [0.1, 0.15) is 0 Å². The summed E-state index contributed by atoms with van der Waals surface area (Å²) in [7, 11) is 3.58. The van der Waals surface area contributed by atoms with Crippen LogP contribution in [0.5, 0.6) is 5.88 Å². The van der Waals surface area contributed by atoms with E-state index in [-0.39, 0.29) is 5.78 Å². The van der Waals surface area contributed by atoms with Gasteiger partial charge in [-0.2, -0.15) is 0 Å². The number of benzene rings is 3. The molecule has 3 aromatic carbocycles. The maximum Gasteiger partial charge on any atom is 0.213 e. The van der Waals surface area contributed by atoms with Gasteiger partial charge in [-0.1, -0.05) is 23.8 Å². The Morgan fingerprint density at radius 1 is 0.969 bits per heavy atom. The lowest BCUT2D eigenvalue weighted by atomic mass is 10.00. The first-order valence-corrected chi connectivity index (χ1v) is 10.4. The summed E-state index contributed by atoms with van der Waals surface area (Å²) in [6.07, 6.45) is 1.91. The monoisotopic (exact) mass is 421 g/mol. The molecule has 0 radical (unpaired) electrons. The molecule has 158 valence electrons. The molecular weight excluding hydrogens is 398 g/mol. The molecule has 5 nitrogen and oxygen atoms in total. The summed E-state index contributed by atoms with van der Waals surface area (Å²) in [6, 6.07) is 23.6. The van der Waals surface area contributed by atoms with Crippen molar-refractivity contribution in [2.24, 2.45) is 7.05 Å². The zero-order valence-corrected chi connectivity index (χ0v) is 18.2. The summed E-state index contributed by atoms with van der Waals surface area (Å²) < 4.78 is 7.21. The van der Waals surface area contributed by atoms with Gasteiger partial charge in [0.25, 0.3) is 0 Å². The van der Waals surface area contributed by atoms with Gasteiger partial charge in [-0.3, -0.25) is 4.79 Å². The van der Waals surface area contributed by atoms with E-state index < -0.39 is 0 Å². The summed E-state index contributed by atoms with van der Waals surface area (Å²) in [4.78, 5) is 18.1. The van der Waals surface area contributed by atoms with Crippen LogP contribution in [-0.2, 0) is 7.05 Å². The summed E-state index contributed by atoms with van der Waals surface area (Å²) in [5, 5.41) is 5.38. The predicted molar refractivity (Wildman–Crippen MR) is 129 cm³/mol. The third-order valence-corrected chi connectivity index (χ3v) is 5.71. The molecule has 5 aromatic rings. The highest BCUT2D eigenvalue weighted by Crippen LogP contribution is 2.29. The van der Waals surface area contributed by atoms with Crippen molar-refractivity contribution in [3.05, 3.63) is 95.7 Å². The van der Waals surface area contributed by atoms with Crippen LogP contribution in [0.1, 0.15) is 21.5 Å². The highest BCUT2D eigenvalue weighted by Gasteiger charge is 2.19. The number of para-hydroxylation sites is 1. The fraction of sp³-hybridized carbons (Fsp3) is 0.111. The van der Waals surface area contributed by atoms with Gasteiger partial charge < -0.3 is 14.6 Å². The number of hydrogen-bond acceptors (Lipinski definition) is 4. The lowest BCUT2D eigenvalue weighted by Gasteiger charge is -2.12. The van der Waals surface area contributed by atoms with Crippen molar-refractivity contribution in [1.82, 2.24) is 9.55 Å². The van der Waals surface area contributed by atoms with Crippen molar-refractivity contribution in [1.29, 1.82) is 0 Å². The minimum atomic E-state index is -0.00325. The van der Waals surface area contributed by atoms with Crippen LogP contribution < -0.4 is 10.1 Å². The van der Waals surface area contributed by atoms with Gasteiger partial charge in [-0.15, -0.1) is 0 Å². The summed E-state index contributed by atoms with van der Waals surface area (Å²) in [6.45, 7) is 2.04. The first-order valence-electron chi connectivity index (χ1n) is 10.4. The Morgan fingerprint density at radius 3 is 2.66 bits per heavy atom. The number of anilines is 2. The molecule has 0 amide bonds. The minimum absolute atomic E-state index is 0.00325. The molecule has 1 N–H and O–H groups in total. The number of ether oxygens (including phenoxy) is 1. The average molecular weight is 422 g/mol. The number of carbonyl (C=O) groups excluding carboxylic acids is 1. The normalized spacial score (nSPS) is 11.1. The third kappa shape index (κ3) is 3.48. The van der Waals surface area contributed by atoms with Gasteiger partial charge in [0.05, 0.1) is 12.6 Å². The fourth-order valence-electron chi connectivity index (χ4n) is 4.08. The van der Waals surface area contributed by atoms with Crippen molar-refractivity contribution in [2.45, 2.75) is 6.92 Å². The average Bonchev–Trinajstić information content (AvgIpc) is 3.14. The van der Waals surface area contributed by atoms with Gasteiger partial charge in [-0.25, -0.2) is 4.98 Å². The van der Waals surface area contributed by atoms with Crippen molar-refractivity contribution in [3.63, 3.8) is 0 Å². The van der Waals surface area contributed by atoms with E-state index in [0.29, 0.717) is 17.0 Å². The Hall–Kier alpha value is -4.12. The number of pyridine rings is 1. The number of fused-ring (bicyclic) bond motifs is 2. The molecule has 0 aliphatic carbocycles. The van der Waals surface area contributed by atoms with Gasteiger partial charge in [0.15, 0.2) is 5.78 Å². The van der Waals surface area contributed by atoms with E-state index in [1.165, 1.54) is 0 Å². The van der Waals surface area contributed by atoms with Crippen LogP contribution >= 0.6 is 0 Å². The predicted octanol–water partition coefficient (Wildman–Crippen LogP) is 6.02. The molecular formula is C27H23N3O2. The molecule has 5 heteroatoms. The zero-order chi connectivity index (χ0) is 22.2. The summed E-state index contributed by atoms with van der Waals surface area (Å²) in [5.74, 6) is 0.580. The van der Waals surface area contributed by atoms with Crippen LogP contribution in [-0.4, -0.2) is 22.4 Å². The quantitative estimate of drug-likeness (QED) is 0.353. The van der Waals surface area contributed by atoms with Crippen LogP contribution in [0.4, 0.5) is 11.4 Å². The van der Waals surface area contributed by atoms with Crippen LogP contribution in [0.3, 0.4) is 0 Å². The minimum Gasteiger partial charge on any atom is -0.481 e. The van der Waals surface area contributed by atoms with E-state index in [1.807, 2.05) is 79.3 Å². The Morgan fingerprint density at radius 2 is 1.81 bits per heavy atom. The smallest absolute Gasteiger partial charge is 0.213 e. The summed E-state index contributed by atoms with van der Waals surface area (Å²) >= 11 is 0. The largest absolute Gasteiger partial charge is 0.481 e. The van der Waals surface area contributed by atoms with Crippen LogP contribution in [0.25, 0.3) is 21.8 Å². The molecule has 0 atom stereocenters. The second-order valence-corrected chi connectivity index (χ2v) is 7.94. The standard InChI is InChI=1S/C27H23N3O2/c1-17-8-12-25-21(14-17)22(16-30(25)2)27(31)20-6-4-5-7-24(20)28-19-10-11-23-18(15-19)9-13-26(29-23)32-3/h4-16,28H,1-3H3.